The average molecular weight is 220 g/mol. The fraction of sp³-hybridized carbons (Fsp3) is 0.500. The Morgan fingerprint density at radius 1 is 1.46 bits per heavy atom. The van der Waals surface area contributed by atoms with E-state index >= 15 is 0 Å². The molecule has 0 bridgehead atoms. The van der Waals surface area contributed by atoms with Gasteiger partial charge in [-0.05, 0) is 19.1 Å². The standard InChI is InChI=1S/C8H11Cl2N3/c1-8(5-9,6-10)12-7-3-2-4-11-13-7/h2-4H,5-6H2,1H3,(H,12,13). The molecule has 0 radical (unpaired) electrons. The zero-order valence-electron chi connectivity index (χ0n) is 7.30. The van der Waals surface area contributed by atoms with Crippen molar-refractivity contribution in [3.05, 3.63) is 18.3 Å². The molecule has 0 unspecified atom stereocenters. The lowest BCUT2D eigenvalue weighted by Gasteiger charge is -2.25. The van der Waals surface area contributed by atoms with E-state index in [1.54, 1.807) is 12.3 Å². The van der Waals surface area contributed by atoms with Crippen molar-refractivity contribution in [3.63, 3.8) is 0 Å². The van der Waals surface area contributed by atoms with Gasteiger partial charge in [0, 0.05) is 18.0 Å². The lowest BCUT2D eigenvalue weighted by molar-refractivity contribution is 0.643. The molecule has 13 heavy (non-hydrogen) atoms. The number of rotatable bonds is 4. The summed E-state index contributed by atoms with van der Waals surface area (Å²) in [5.74, 6) is 1.53. The van der Waals surface area contributed by atoms with E-state index < -0.39 is 0 Å². The third-order valence-corrected chi connectivity index (χ3v) is 2.77. The number of halogens is 2. The van der Waals surface area contributed by atoms with Crippen molar-refractivity contribution in [2.24, 2.45) is 0 Å². The molecule has 0 atom stereocenters. The van der Waals surface area contributed by atoms with Crippen molar-refractivity contribution < 1.29 is 0 Å². The number of aromatic nitrogens is 2. The quantitative estimate of drug-likeness (QED) is 0.789. The van der Waals surface area contributed by atoms with E-state index in [1.165, 1.54) is 0 Å². The molecule has 72 valence electrons. The molecule has 0 amide bonds. The molecule has 0 spiro atoms. The van der Waals surface area contributed by atoms with Crippen LogP contribution in [0, 0.1) is 0 Å². The Labute approximate surface area is 87.5 Å². The largest absolute Gasteiger partial charge is 0.361 e. The van der Waals surface area contributed by atoms with Gasteiger partial charge in [-0.2, -0.15) is 5.10 Å². The van der Waals surface area contributed by atoms with Crippen LogP contribution in [0.1, 0.15) is 6.92 Å². The van der Waals surface area contributed by atoms with Crippen LogP contribution in [0.15, 0.2) is 18.3 Å². The number of nitrogens with one attached hydrogen (secondary N) is 1. The smallest absolute Gasteiger partial charge is 0.149 e. The van der Waals surface area contributed by atoms with Gasteiger partial charge in [-0.1, -0.05) is 0 Å². The molecule has 1 aromatic heterocycles. The predicted octanol–water partition coefficient (Wildman–Crippen LogP) is 2.12. The van der Waals surface area contributed by atoms with E-state index in [-0.39, 0.29) is 5.54 Å². The lowest BCUT2D eigenvalue weighted by Crippen LogP contribution is -2.39. The molecule has 0 aliphatic heterocycles. The Hall–Kier alpha value is -0.540. The van der Waals surface area contributed by atoms with Crippen molar-refractivity contribution in [3.8, 4) is 0 Å². The Kier molecular flexibility index (Phi) is 3.75. The molecule has 0 saturated carbocycles. The molecule has 1 N–H and O–H groups in total. The Bertz CT molecular complexity index is 249. The molecule has 0 aliphatic carbocycles. The van der Waals surface area contributed by atoms with Crippen LogP contribution in [0.4, 0.5) is 5.82 Å². The van der Waals surface area contributed by atoms with Crippen LogP contribution in [0.3, 0.4) is 0 Å². The number of anilines is 1. The number of alkyl halides is 2. The van der Waals surface area contributed by atoms with E-state index in [0.29, 0.717) is 17.6 Å². The number of hydrogen-bond donors (Lipinski definition) is 1. The second-order valence-electron chi connectivity index (χ2n) is 3.06. The summed E-state index contributed by atoms with van der Waals surface area (Å²) in [6.45, 7) is 1.93. The lowest BCUT2D eigenvalue weighted by atomic mass is 10.1. The van der Waals surface area contributed by atoms with Gasteiger partial charge in [0.15, 0.2) is 0 Å². The molecule has 1 rings (SSSR count). The normalized spacial score (nSPS) is 11.3. The van der Waals surface area contributed by atoms with Crippen LogP contribution >= 0.6 is 23.2 Å². The Morgan fingerprint density at radius 2 is 2.15 bits per heavy atom. The van der Waals surface area contributed by atoms with E-state index in [2.05, 4.69) is 15.5 Å². The maximum atomic E-state index is 5.76. The van der Waals surface area contributed by atoms with Gasteiger partial charge in [0.05, 0.1) is 5.54 Å². The Morgan fingerprint density at radius 3 is 2.62 bits per heavy atom. The summed E-state index contributed by atoms with van der Waals surface area (Å²) in [6.07, 6.45) is 1.61. The summed E-state index contributed by atoms with van der Waals surface area (Å²) >= 11 is 11.5. The fourth-order valence-electron chi connectivity index (χ4n) is 0.780. The van der Waals surface area contributed by atoms with Gasteiger partial charge in [-0.25, -0.2) is 0 Å². The van der Waals surface area contributed by atoms with Crippen LogP contribution in [0.2, 0.25) is 0 Å². The van der Waals surface area contributed by atoms with E-state index in [4.69, 9.17) is 23.2 Å². The zero-order chi connectivity index (χ0) is 9.73. The minimum atomic E-state index is -0.334. The van der Waals surface area contributed by atoms with Gasteiger partial charge < -0.3 is 5.32 Å². The second-order valence-corrected chi connectivity index (χ2v) is 3.60. The van der Waals surface area contributed by atoms with Gasteiger partial charge in [0.1, 0.15) is 5.82 Å². The van der Waals surface area contributed by atoms with E-state index in [9.17, 15) is 0 Å². The summed E-state index contributed by atoms with van der Waals surface area (Å²) in [4.78, 5) is 0. The molecule has 0 aliphatic rings. The van der Waals surface area contributed by atoms with Crippen LogP contribution in [-0.4, -0.2) is 27.5 Å². The molecule has 5 heteroatoms. The Balaban J connectivity index is 2.68. The molecule has 1 heterocycles. The van der Waals surface area contributed by atoms with Crippen molar-refractivity contribution in [2.75, 3.05) is 17.1 Å². The second kappa shape index (κ2) is 4.63. The van der Waals surface area contributed by atoms with Gasteiger partial charge in [0.25, 0.3) is 0 Å². The minimum absolute atomic E-state index is 0.334. The summed E-state index contributed by atoms with van der Waals surface area (Å²) < 4.78 is 0. The first-order valence-corrected chi connectivity index (χ1v) is 4.95. The fourth-order valence-corrected chi connectivity index (χ4v) is 1.20. The topological polar surface area (TPSA) is 37.8 Å². The van der Waals surface area contributed by atoms with Crippen LogP contribution in [0.5, 0.6) is 0 Å². The molecule has 3 nitrogen and oxygen atoms in total. The van der Waals surface area contributed by atoms with Crippen LogP contribution in [0.25, 0.3) is 0 Å². The number of nitrogens with zero attached hydrogens (tertiary/aromatic N) is 2. The third-order valence-electron chi connectivity index (χ3n) is 1.59. The maximum absolute atomic E-state index is 5.76. The molecule has 1 aromatic rings. The highest BCUT2D eigenvalue weighted by atomic mass is 35.5. The molecular formula is C8H11Cl2N3. The summed E-state index contributed by atoms with van der Waals surface area (Å²) in [5, 5.41) is 10.7. The monoisotopic (exact) mass is 219 g/mol. The summed E-state index contributed by atoms with van der Waals surface area (Å²) in [7, 11) is 0. The van der Waals surface area contributed by atoms with Crippen molar-refractivity contribution in [1.82, 2.24) is 10.2 Å². The maximum Gasteiger partial charge on any atom is 0.149 e. The SMILES string of the molecule is CC(CCl)(CCl)Nc1cccnn1. The van der Waals surface area contributed by atoms with Crippen LogP contribution in [-0.2, 0) is 0 Å². The van der Waals surface area contributed by atoms with Gasteiger partial charge in [-0.15, -0.1) is 28.3 Å². The predicted molar refractivity (Wildman–Crippen MR) is 55.5 cm³/mol. The minimum Gasteiger partial charge on any atom is -0.361 e. The third kappa shape index (κ3) is 3.01. The summed E-state index contributed by atoms with van der Waals surface area (Å²) in [6, 6.07) is 3.63. The number of hydrogen-bond acceptors (Lipinski definition) is 3. The highest BCUT2D eigenvalue weighted by Gasteiger charge is 2.21. The first kappa shape index (κ1) is 10.5. The summed E-state index contributed by atoms with van der Waals surface area (Å²) in [5.41, 5.74) is -0.334. The molecule has 0 fully saturated rings. The van der Waals surface area contributed by atoms with Gasteiger partial charge in [-0.3, -0.25) is 0 Å². The van der Waals surface area contributed by atoms with Crippen LogP contribution < -0.4 is 5.32 Å². The molecular weight excluding hydrogens is 209 g/mol. The first-order valence-electron chi connectivity index (χ1n) is 3.88. The highest BCUT2D eigenvalue weighted by molar-refractivity contribution is 6.22. The first-order chi connectivity index (χ1) is 6.20. The van der Waals surface area contributed by atoms with E-state index in [1.807, 2.05) is 13.0 Å². The average Bonchev–Trinajstić information content (AvgIpc) is 2.19. The van der Waals surface area contributed by atoms with Crippen molar-refractivity contribution >= 4 is 29.0 Å². The van der Waals surface area contributed by atoms with Crippen molar-refractivity contribution in [2.45, 2.75) is 12.5 Å². The van der Waals surface area contributed by atoms with Gasteiger partial charge >= 0.3 is 0 Å². The molecule has 0 saturated heterocycles. The van der Waals surface area contributed by atoms with Gasteiger partial charge in [0.2, 0.25) is 0 Å². The molecule has 0 aromatic carbocycles. The highest BCUT2D eigenvalue weighted by Crippen LogP contribution is 2.15. The van der Waals surface area contributed by atoms with E-state index in [0.717, 1.165) is 0 Å². The zero-order valence-corrected chi connectivity index (χ0v) is 8.81. The van der Waals surface area contributed by atoms with Crippen molar-refractivity contribution in [1.29, 1.82) is 0 Å².